The average Bonchev–Trinajstić information content (AvgIpc) is 3.31. The number of rotatable bonds is 6. The van der Waals surface area contributed by atoms with Gasteiger partial charge in [-0.2, -0.15) is 0 Å². The standard InChI is InChI=1S/C20H18N4O3S2/c1-3-24-10-13(8-9-17(24)25)21-19(26)18-15(11-28-20-23-22-12(2)29-20)14-6-4-5-7-16(14)27-18/h4-10H,3,11H2,1-2H3,(H,21,26). The van der Waals surface area contributed by atoms with Crippen molar-refractivity contribution in [2.45, 2.75) is 30.5 Å². The number of anilines is 1. The maximum atomic E-state index is 13.0. The number of hydrogen-bond acceptors (Lipinski definition) is 7. The molecular weight excluding hydrogens is 408 g/mol. The normalized spacial score (nSPS) is 11.1. The van der Waals surface area contributed by atoms with Gasteiger partial charge in [-0.05, 0) is 26.0 Å². The summed E-state index contributed by atoms with van der Waals surface area (Å²) < 4.78 is 8.25. The number of carbonyl (C=O) groups excluding carboxylic acids is 1. The number of furan rings is 1. The first kappa shape index (κ1) is 19.4. The van der Waals surface area contributed by atoms with Gasteiger partial charge in [0.25, 0.3) is 11.5 Å². The zero-order chi connectivity index (χ0) is 20.4. The zero-order valence-corrected chi connectivity index (χ0v) is 17.5. The monoisotopic (exact) mass is 426 g/mol. The number of fused-ring (bicyclic) bond motifs is 1. The third kappa shape index (κ3) is 4.10. The van der Waals surface area contributed by atoms with Crippen molar-refractivity contribution in [2.75, 3.05) is 5.32 Å². The fourth-order valence-electron chi connectivity index (χ4n) is 2.94. The van der Waals surface area contributed by atoms with Gasteiger partial charge < -0.3 is 14.3 Å². The number of para-hydroxylation sites is 1. The minimum absolute atomic E-state index is 0.112. The van der Waals surface area contributed by atoms with Gasteiger partial charge in [-0.1, -0.05) is 41.3 Å². The van der Waals surface area contributed by atoms with Gasteiger partial charge in [-0.3, -0.25) is 9.59 Å². The van der Waals surface area contributed by atoms with Crippen LogP contribution in [0.3, 0.4) is 0 Å². The number of aryl methyl sites for hydroxylation is 2. The lowest BCUT2D eigenvalue weighted by Crippen LogP contribution is -2.20. The SMILES string of the molecule is CCn1cc(NC(=O)c2oc3ccccc3c2CSc2nnc(C)s2)ccc1=O. The lowest BCUT2D eigenvalue weighted by molar-refractivity contribution is 0.0997. The Bertz CT molecular complexity index is 1240. The van der Waals surface area contributed by atoms with E-state index in [1.54, 1.807) is 12.3 Å². The molecule has 0 aliphatic carbocycles. The number of pyridine rings is 1. The third-order valence-electron chi connectivity index (χ3n) is 4.33. The van der Waals surface area contributed by atoms with Gasteiger partial charge in [0.15, 0.2) is 10.1 Å². The van der Waals surface area contributed by atoms with Crippen LogP contribution in [-0.4, -0.2) is 20.7 Å². The topological polar surface area (TPSA) is 90.0 Å². The van der Waals surface area contributed by atoms with E-state index in [2.05, 4.69) is 15.5 Å². The quantitative estimate of drug-likeness (QED) is 0.462. The number of nitrogens with zero attached hydrogens (tertiary/aromatic N) is 3. The molecule has 0 saturated carbocycles. The summed E-state index contributed by atoms with van der Waals surface area (Å²) in [4.78, 5) is 24.7. The summed E-state index contributed by atoms with van der Waals surface area (Å²) in [5, 5.41) is 12.8. The van der Waals surface area contributed by atoms with Gasteiger partial charge in [0.1, 0.15) is 10.6 Å². The first-order valence-electron chi connectivity index (χ1n) is 9.00. The molecule has 9 heteroatoms. The zero-order valence-electron chi connectivity index (χ0n) is 15.8. The summed E-state index contributed by atoms with van der Waals surface area (Å²) in [6, 6.07) is 10.6. The van der Waals surface area contributed by atoms with Crippen LogP contribution in [0.25, 0.3) is 11.0 Å². The van der Waals surface area contributed by atoms with Gasteiger partial charge in [-0.25, -0.2) is 0 Å². The highest BCUT2D eigenvalue weighted by Crippen LogP contribution is 2.33. The van der Waals surface area contributed by atoms with Crippen LogP contribution in [0.1, 0.15) is 28.0 Å². The smallest absolute Gasteiger partial charge is 0.291 e. The molecule has 0 spiro atoms. The van der Waals surface area contributed by atoms with Gasteiger partial charge >= 0.3 is 0 Å². The molecule has 0 aliphatic rings. The Labute approximate surface area is 174 Å². The van der Waals surface area contributed by atoms with Crippen LogP contribution < -0.4 is 10.9 Å². The second-order valence-electron chi connectivity index (χ2n) is 6.28. The molecule has 4 aromatic rings. The molecule has 4 rings (SSSR count). The molecule has 29 heavy (non-hydrogen) atoms. The van der Waals surface area contributed by atoms with Crippen molar-refractivity contribution in [1.82, 2.24) is 14.8 Å². The molecule has 3 aromatic heterocycles. The van der Waals surface area contributed by atoms with Crippen molar-refractivity contribution in [2.24, 2.45) is 0 Å². The van der Waals surface area contributed by atoms with Gasteiger partial charge in [-0.15, -0.1) is 10.2 Å². The third-order valence-corrected chi connectivity index (χ3v) is 6.33. The van der Waals surface area contributed by atoms with Crippen molar-refractivity contribution in [3.8, 4) is 0 Å². The minimum Gasteiger partial charge on any atom is -0.451 e. The van der Waals surface area contributed by atoms with E-state index in [1.807, 2.05) is 38.1 Å². The Morgan fingerprint density at radius 3 is 2.83 bits per heavy atom. The van der Waals surface area contributed by atoms with Crippen molar-refractivity contribution in [1.29, 1.82) is 0 Å². The molecule has 7 nitrogen and oxygen atoms in total. The van der Waals surface area contributed by atoms with Crippen LogP contribution in [-0.2, 0) is 12.3 Å². The summed E-state index contributed by atoms with van der Waals surface area (Å²) in [6.07, 6.45) is 1.63. The Kier molecular flexibility index (Phi) is 5.50. The van der Waals surface area contributed by atoms with Gasteiger partial charge in [0, 0.05) is 35.5 Å². The summed E-state index contributed by atoms with van der Waals surface area (Å²) in [5.41, 5.74) is 1.88. The molecule has 0 fully saturated rings. The number of hydrogen-bond donors (Lipinski definition) is 1. The number of carbonyl (C=O) groups is 1. The summed E-state index contributed by atoms with van der Waals surface area (Å²) >= 11 is 3.03. The summed E-state index contributed by atoms with van der Waals surface area (Å²) in [6.45, 7) is 4.30. The molecule has 0 radical (unpaired) electrons. The fourth-order valence-corrected chi connectivity index (χ4v) is 4.78. The van der Waals surface area contributed by atoms with Crippen LogP contribution in [0.2, 0.25) is 0 Å². The predicted molar refractivity (Wildman–Crippen MR) is 115 cm³/mol. The number of amides is 1. The lowest BCUT2D eigenvalue weighted by Gasteiger charge is -2.07. The van der Waals surface area contributed by atoms with E-state index >= 15 is 0 Å². The second-order valence-corrected chi connectivity index (χ2v) is 8.68. The molecule has 0 unspecified atom stereocenters. The molecule has 3 heterocycles. The van der Waals surface area contributed by atoms with Crippen molar-refractivity contribution >= 4 is 45.7 Å². The first-order chi connectivity index (χ1) is 14.0. The highest BCUT2D eigenvalue weighted by Gasteiger charge is 2.21. The Morgan fingerprint density at radius 1 is 1.24 bits per heavy atom. The minimum atomic E-state index is -0.355. The molecule has 0 saturated heterocycles. The van der Waals surface area contributed by atoms with Crippen LogP contribution in [0.15, 0.2) is 56.1 Å². The van der Waals surface area contributed by atoms with Crippen LogP contribution in [0.4, 0.5) is 5.69 Å². The molecule has 0 aliphatic heterocycles. The van der Waals surface area contributed by atoms with Gasteiger partial charge in [0.05, 0.1) is 5.69 Å². The average molecular weight is 427 g/mol. The van der Waals surface area contributed by atoms with Crippen LogP contribution in [0, 0.1) is 6.92 Å². The van der Waals surface area contributed by atoms with E-state index in [1.165, 1.54) is 33.7 Å². The maximum absolute atomic E-state index is 13.0. The van der Waals surface area contributed by atoms with E-state index in [0.29, 0.717) is 23.6 Å². The number of thioether (sulfide) groups is 1. The van der Waals surface area contributed by atoms with E-state index in [0.717, 1.165) is 20.3 Å². The number of aromatic nitrogens is 3. The summed E-state index contributed by atoms with van der Waals surface area (Å²) in [7, 11) is 0. The molecule has 0 bridgehead atoms. The Hall–Kier alpha value is -2.91. The number of benzene rings is 1. The van der Waals surface area contributed by atoms with Crippen LogP contribution in [0.5, 0.6) is 0 Å². The molecule has 1 amide bonds. The van der Waals surface area contributed by atoms with E-state index in [-0.39, 0.29) is 17.2 Å². The molecule has 148 valence electrons. The number of nitrogens with one attached hydrogen (secondary N) is 1. The Balaban J connectivity index is 1.65. The molecular formula is C20H18N4O3S2. The van der Waals surface area contributed by atoms with Crippen molar-refractivity contribution in [3.05, 3.63) is 69.3 Å². The fraction of sp³-hybridized carbons (Fsp3) is 0.200. The summed E-state index contributed by atoms with van der Waals surface area (Å²) in [5.74, 6) is 0.434. The van der Waals surface area contributed by atoms with Crippen molar-refractivity contribution in [3.63, 3.8) is 0 Å². The van der Waals surface area contributed by atoms with E-state index < -0.39 is 0 Å². The first-order valence-corrected chi connectivity index (χ1v) is 10.8. The van der Waals surface area contributed by atoms with Crippen LogP contribution >= 0.6 is 23.1 Å². The van der Waals surface area contributed by atoms with E-state index in [9.17, 15) is 9.59 Å². The lowest BCUT2D eigenvalue weighted by atomic mass is 10.1. The molecule has 1 aromatic carbocycles. The highest BCUT2D eigenvalue weighted by molar-refractivity contribution is 8.00. The largest absolute Gasteiger partial charge is 0.451 e. The van der Waals surface area contributed by atoms with E-state index in [4.69, 9.17) is 4.42 Å². The Morgan fingerprint density at radius 2 is 2.07 bits per heavy atom. The van der Waals surface area contributed by atoms with Gasteiger partial charge in [0.2, 0.25) is 0 Å². The second kappa shape index (κ2) is 8.22. The highest BCUT2D eigenvalue weighted by atomic mass is 32.2. The predicted octanol–water partition coefficient (Wildman–Crippen LogP) is 4.32. The maximum Gasteiger partial charge on any atom is 0.291 e. The molecule has 1 N–H and O–H groups in total. The molecule has 0 atom stereocenters. The van der Waals surface area contributed by atoms with Crippen molar-refractivity contribution < 1.29 is 9.21 Å².